The number of nitrogens with one attached hydrogen (secondary N) is 2. The van der Waals surface area contributed by atoms with E-state index in [0.717, 1.165) is 16.9 Å². The van der Waals surface area contributed by atoms with Gasteiger partial charge in [0, 0.05) is 23.4 Å². The Bertz CT molecular complexity index is 880. The van der Waals surface area contributed by atoms with Crippen molar-refractivity contribution in [1.82, 2.24) is 10.8 Å². The first-order valence-electron chi connectivity index (χ1n) is 9.58. The lowest BCUT2D eigenvalue weighted by molar-refractivity contribution is -0.129. The molecular formula is C22H25N3O4S. The third-order valence-corrected chi connectivity index (χ3v) is 5.19. The van der Waals surface area contributed by atoms with Crippen molar-refractivity contribution in [3.8, 4) is 0 Å². The first-order valence-corrected chi connectivity index (χ1v) is 10.8. The smallest absolute Gasteiger partial charge is 0.251 e. The Kier molecular flexibility index (Phi) is 9.76. The van der Waals surface area contributed by atoms with Crippen LogP contribution in [0.25, 0.3) is 11.6 Å². The van der Waals surface area contributed by atoms with Gasteiger partial charge in [-0.25, -0.2) is 5.48 Å². The highest BCUT2D eigenvalue weighted by Crippen LogP contribution is 2.23. The maximum atomic E-state index is 12.8. The lowest BCUT2D eigenvalue weighted by atomic mass is 10.0. The molecule has 0 saturated heterocycles. The first-order chi connectivity index (χ1) is 14.6. The standard InChI is InChI=1S/C22H25N3O4S/c1-30-19-12-6-16(7-13-19)15-20(17-8-10-18(24-28)11-9-17)22(27)23-14-4-2-3-5-21(26)25-29/h6-13,15,29H,2-5,14H2,1H3,(H,23,27)(H,25,26)/b20-15-. The largest absolute Gasteiger partial charge is 0.352 e. The van der Waals surface area contributed by atoms with Crippen molar-refractivity contribution in [3.05, 3.63) is 64.6 Å². The lowest BCUT2D eigenvalue weighted by Gasteiger charge is -2.10. The molecule has 0 aromatic heterocycles. The van der Waals surface area contributed by atoms with Crippen LogP contribution in [-0.4, -0.2) is 29.8 Å². The van der Waals surface area contributed by atoms with Crippen molar-refractivity contribution in [2.24, 2.45) is 5.18 Å². The minimum atomic E-state index is -0.412. The zero-order valence-corrected chi connectivity index (χ0v) is 17.6. The predicted octanol–water partition coefficient (Wildman–Crippen LogP) is 4.53. The number of carbonyl (C=O) groups excluding carboxylic acids is 2. The van der Waals surface area contributed by atoms with E-state index in [0.29, 0.717) is 36.2 Å². The van der Waals surface area contributed by atoms with Gasteiger partial charge in [-0.3, -0.25) is 14.8 Å². The van der Waals surface area contributed by atoms with Crippen LogP contribution in [0.15, 0.2) is 58.6 Å². The fourth-order valence-corrected chi connectivity index (χ4v) is 3.20. The summed E-state index contributed by atoms with van der Waals surface area (Å²) in [5.41, 5.74) is 3.97. The molecule has 0 bridgehead atoms. The maximum absolute atomic E-state index is 12.8. The monoisotopic (exact) mass is 427 g/mol. The molecule has 0 saturated carbocycles. The Labute approximate surface area is 179 Å². The van der Waals surface area contributed by atoms with E-state index >= 15 is 0 Å². The summed E-state index contributed by atoms with van der Waals surface area (Å²) in [4.78, 5) is 35.7. The van der Waals surface area contributed by atoms with Crippen LogP contribution in [0.2, 0.25) is 0 Å². The molecule has 0 heterocycles. The summed E-state index contributed by atoms with van der Waals surface area (Å²) in [5.74, 6) is -0.631. The zero-order valence-electron chi connectivity index (χ0n) is 16.8. The van der Waals surface area contributed by atoms with Crippen LogP contribution in [0.5, 0.6) is 0 Å². The number of benzene rings is 2. The van der Waals surface area contributed by atoms with Gasteiger partial charge in [0.1, 0.15) is 5.69 Å². The second-order valence-corrected chi connectivity index (χ2v) is 7.45. The highest BCUT2D eigenvalue weighted by atomic mass is 32.2. The third kappa shape index (κ3) is 7.46. The Morgan fingerprint density at radius 2 is 1.73 bits per heavy atom. The molecule has 2 amide bonds. The minimum Gasteiger partial charge on any atom is -0.352 e. The molecule has 30 heavy (non-hydrogen) atoms. The van der Waals surface area contributed by atoms with Gasteiger partial charge in [-0.2, -0.15) is 0 Å². The molecule has 8 heteroatoms. The molecule has 0 aliphatic carbocycles. The van der Waals surface area contributed by atoms with E-state index in [-0.39, 0.29) is 12.3 Å². The molecule has 7 nitrogen and oxygen atoms in total. The zero-order chi connectivity index (χ0) is 21.8. The number of hydrogen-bond donors (Lipinski definition) is 3. The van der Waals surface area contributed by atoms with Crippen LogP contribution in [0.4, 0.5) is 5.69 Å². The fourth-order valence-electron chi connectivity index (χ4n) is 2.79. The number of unbranched alkanes of at least 4 members (excludes halogenated alkanes) is 2. The molecular weight excluding hydrogens is 402 g/mol. The van der Waals surface area contributed by atoms with Crippen molar-refractivity contribution in [3.63, 3.8) is 0 Å². The summed E-state index contributed by atoms with van der Waals surface area (Å²) in [7, 11) is 0. The Morgan fingerprint density at radius 3 is 2.33 bits per heavy atom. The average Bonchev–Trinajstić information content (AvgIpc) is 2.79. The van der Waals surface area contributed by atoms with Crippen molar-refractivity contribution >= 4 is 40.9 Å². The Hall–Kier alpha value is -2.97. The number of hydrogen-bond acceptors (Lipinski definition) is 6. The summed E-state index contributed by atoms with van der Waals surface area (Å²) in [5, 5.41) is 14.3. The van der Waals surface area contributed by atoms with Gasteiger partial charge in [-0.05, 0) is 65.7 Å². The highest BCUT2D eigenvalue weighted by molar-refractivity contribution is 7.98. The highest BCUT2D eigenvalue weighted by Gasteiger charge is 2.12. The second kappa shape index (κ2) is 12.6. The van der Waals surface area contributed by atoms with Gasteiger partial charge in [-0.15, -0.1) is 16.7 Å². The molecule has 2 aromatic carbocycles. The van der Waals surface area contributed by atoms with E-state index in [4.69, 9.17) is 5.21 Å². The van der Waals surface area contributed by atoms with Gasteiger partial charge in [0.05, 0.1) is 0 Å². The molecule has 0 radical (unpaired) electrons. The lowest BCUT2D eigenvalue weighted by Crippen LogP contribution is -2.25. The molecule has 2 aromatic rings. The summed E-state index contributed by atoms with van der Waals surface area (Å²) >= 11 is 1.64. The predicted molar refractivity (Wildman–Crippen MR) is 119 cm³/mol. The topological polar surface area (TPSA) is 108 Å². The quantitative estimate of drug-likeness (QED) is 0.0929. The van der Waals surface area contributed by atoms with Gasteiger partial charge in [0.15, 0.2) is 0 Å². The van der Waals surface area contributed by atoms with Crippen molar-refractivity contribution in [2.75, 3.05) is 12.8 Å². The van der Waals surface area contributed by atoms with Gasteiger partial charge in [0.2, 0.25) is 5.91 Å². The molecule has 3 N–H and O–H groups in total. The third-order valence-electron chi connectivity index (χ3n) is 4.45. The second-order valence-electron chi connectivity index (χ2n) is 6.57. The molecule has 2 rings (SSSR count). The molecule has 0 fully saturated rings. The van der Waals surface area contributed by atoms with Gasteiger partial charge in [0.25, 0.3) is 5.91 Å². The summed E-state index contributed by atoms with van der Waals surface area (Å²) in [6.07, 6.45) is 6.17. The van der Waals surface area contributed by atoms with E-state index in [9.17, 15) is 14.5 Å². The van der Waals surface area contributed by atoms with Crippen LogP contribution >= 0.6 is 11.8 Å². The van der Waals surface area contributed by atoms with Gasteiger partial charge < -0.3 is 5.32 Å². The maximum Gasteiger partial charge on any atom is 0.251 e. The minimum absolute atomic E-state index is 0.219. The van der Waals surface area contributed by atoms with Gasteiger partial charge in [-0.1, -0.05) is 30.7 Å². The van der Waals surface area contributed by atoms with E-state index in [1.54, 1.807) is 41.5 Å². The van der Waals surface area contributed by atoms with Crippen LogP contribution in [0, 0.1) is 4.91 Å². The van der Waals surface area contributed by atoms with Crippen molar-refractivity contribution in [2.45, 2.75) is 30.6 Å². The molecule has 158 valence electrons. The number of nitroso groups, excluding NO2 is 1. The molecule has 0 aliphatic heterocycles. The number of rotatable bonds is 11. The molecule has 0 spiro atoms. The summed E-state index contributed by atoms with van der Waals surface area (Å²) in [6.45, 7) is 0.469. The van der Waals surface area contributed by atoms with E-state index < -0.39 is 5.91 Å². The number of hydroxylamine groups is 1. The number of thioether (sulfide) groups is 1. The van der Waals surface area contributed by atoms with E-state index in [1.165, 1.54) is 0 Å². The normalized spacial score (nSPS) is 11.1. The Morgan fingerprint density at radius 1 is 1.03 bits per heavy atom. The summed E-state index contributed by atoms with van der Waals surface area (Å²) in [6, 6.07) is 14.4. The van der Waals surface area contributed by atoms with Crippen LogP contribution in [-0.2, 0) is 9.59 Å². The van der Waals surface area contributed by atoms with Crippen molar-refractivity contribution in [1.29, 1.82) is 0 Å². The van der Waals surface area contributed by atoms with E-state index in [1.807, 2.05) is 36.6 Å². The fraction of sp³-hybridized carbons (Fsp3) is 0.273. The molecule has 0 unspecified atom stereocenters. The van der Waals surface area contributed by atoms with Crippen LogP contribution < -0.4 is 10.8 Å². The Balaban J connectivity index is 2.08. The van der Waals surface area contributed by atoms with E-state index in [2.05, 4.69) is 10.5 Å². The molecule has 0 aliphatic rings. The number of amides is 2. The van der Waals surface area contributed by atoms with Crippen LogP contribution in [0.3, 0.4) is 0 Å². The van der Waals surface area contributed by atoms with Crippen LogP contribution in [0.1, 0.15) is 36.8 Å². The summed E-state index contributed by atoms with van der Waals surface area (Å²) < 4.78 is 0. The number of carbonyl (C=O) groups is 2. The number of nitrogens with zero attached hydrogens (tertiary/aromatic N) is 1. The first kappa shape index (κ1) is 23.3. The van der Waals surface area contributed by atoms with Gasteiger partial charge >= 0.3 is 0 Å². The molecule has 0 atom stereocenters. The SMILES string of the molecule is CSc1ccc(/C=C(\C(=O)NCCCCCC(=O)NO)c2ccc(N=O)cc2)cc1. The van der Waals surface area contributed by atoms with Crippen molar-refractivity contribution < 1.29 is 14.8 Å². The average molecular weight is 428 g/mol.